The molecule has 0 unspecified atom stereocenters. The quantitative estimate of drug-likeness (QED) is 0.665. The number of aromatic nitrogens is 3. The molecule has 3 aromatic rings. The summed E-state index contributed by atoms with van der Waals surface area (Å²) in [5.41, 5.74) is 6.28. The molecule has 4 rings (SSSR count). The summed E-state index contributed by atoms with van der Waals surface area (Å²) in [6.07, 6.45) is 0. The number of nitrogens with two attached hydrogens (primary N) is 1. The second-order valence-corrected chi connectivity index (χ2v) is 8.70. The molecular weight excluding hydrogens is 378 g/mol. The van der Waals surface area contributed by atoms with E-state index in [0.717, 1.165) is 32.0 Å². The van der Waals surface area contributed by atoms with Gasteiger partial charge in [0.2, 0.25) is 9.84 Å². The maximum absolute atomic E-state index is 13.3. The van der Waals surface area contributed by atoms with Crippen molar-refractivity contribution in [2.24, 2.45) is 0 Å². The number of anilines is 3. The number of nitrogens with zero attached hydrogens (tertiary/aromatic N) is 5. The Hall–Kier alpha value is -2.85. The fourth-order valence-corrected chi connectivity index (χ4v) is 4.91. The smallest absolute Gasteiger partial charge is 0.214 e. The van der Waals surface area contributed by atoms with Crippen LogP contribution in [0.15, 0.2) is 46.2 Å². The number of nitrogen functional groups attached to an aromatic ring is 1. The fourth-order valence-electron chi connectivity index (χ4n) is 3.39. The molecule has 1 aromatic carbocycles. The monoisotopic (exact) mass is 401 g/mol. The van der Waals surface area contributed by atoms with E-state index < -0.39 is 9.84 Å². The van der Waals surface area contributed by atoms with Gasteiger partial charge in [-0.1, -0.05) is 18.2 Å². The van der Waals surface area contributed by atoms with Gasteiger partial charge in [0.25, 0.3) is 0 Å². The average Bonchev–Trinajstić information content (AvgIpc) is 3.08. The van der Waals surface area contributed by atoms with Gasteiger partial charge in [0, 0.05) is 39.3 Å². The molecule has 10 heteroatoms. The first kappa shape index (κ1) is 18.5. The molecule has 0 aliphatic carbocycles. The van der Waals surface area contributed by atoms with Crippen LogP contribution in [-0.2, 0) is 9.84 Å². The zero-order valence-corrected chi connectivity index (χ0v) is 16.6. The maximum atomic E-state index is 13.3. The molecule has 9 nitrogen and oxygen atoms in total. The molecular formula is C18H23N7O2S. The second kappa shape index (κ2) is 6.95. The Morgan fingerprint density at radius 1 is 1.11 bits per heavy atom. The summed E-state index contributed by atoms with van der Waals surface area (Å²) < 4.78 is 28.2. The van der Waals surface area contributed by atoms with E-state index in [1.807, 2.05) is 0 Å². The third kappa shape index (κ3) is 3.04. The van der Waals surface area contributed by atoms with Crippen LogP contribution in [-0.4, -0.2) is 68.2 Å². The van der Waals surface area contributed by atoms with E-state index in [0.29, 0.717) is 0 Å². The Kier molecular flexibility index (Phi) is 4.60. The first-order valence-electron chi connectivity index (χ1n) is 9.02. The highest BCUT2D eigenvalue weighted by molar-refractivity contribution is 7.91. The van der Waals surface area contributed by atoms with Crippen molar-refractivity contribution in [3.63, 3.8) is 0 Å². The van der Waals surface area contributed by atoms with E-state index in [1.165, 1.54) is 0 Å². The van der Waals surface area contributed by atoms with Crippen LogP contribution in [0.25, 0.3) is 5.65 Å². The number of hydrogen-bond donors (Lipinski definition) is 2. The Bertz CT molecular complexity index is 1100. The number of nitrogens with one attached hydrogen (secondary N) is 1. The van der Waals surface area contributed by atoms with Crippen molar-refractivity contribution in [2.75, 3.05) is 56.2 Å². The molecule has 1 aliphatic heterocycles. The number of likely N-dealkylation sites (N-methyl/N-ethyl adjacent to an activating group) is 1. The van der Waals surface area contributed by atoms with E-state index in [9.17, 15) is 8.42 Å². The number of fused-ring (bicyclic) bond motifs is 1. The molecule has 1 saturated heterocycles. The van der Waals surface area contributed by atoms with Crippen molar-refractivity contribution in [3.05, 3.63) is 36.4 Å². The number of rotatable bonds is 4. The van der Waals surface area contributed by atoms with Crippen molar-refractivity contribution in [2.45, 2.75) is 9.79 Å². The summed E-state index contributed by atoms with van der Waals surface area (Å²) in [6.45, 7) is 3.40. The minimum Gasteiger partial charge on any atom is -0.384 e. The van der Waals surface area contributed by atoms with Crippen LogP contribution in [0.2, 0.25) is 0 Å². The van der Waals surface area contributed by atoms with E-state index in [-0.39, 0.29) is 27.1 Å². The molecule has 0 saturated carbocycles. The molecule has 0 spiro atoms. The van der Waals surface area contributed by atoms with Crippen LogP contribution in [0, 0.1) is 0 Å². The van der Waals surface area contributed by atoms with Gasteiger partial charge in [0.1, 0.15) is 11.6 Å². The zero-order chi connectivity index (χ0) is 19.9. The first-order valence-corrected chi connectivity index (χ1v) is 10.5. The van der Waals surface area contributed by atoms with Gasteiger partial charge in [-0.05, 0) is 19.2 Å². The molecule has 1 aliphatic rings. The van der Waals surface area contributed by atoms with Gasteiger partial charge >= 0.3 is 0 Å². The highest BCUT2D eigenvalue weighted by Gasteiger charge is 2.30. The van der Waals surface area contributed by atoms with Crippen LogP contribution in [0.4, 0.5) is 17.5 Å². The number of piperazine rings is 1. The van der Waals surface area contributed by atoms with Crippen molar-refractivity contribution >= 4 is 32.9 Å². The molecule has 2 aromatic heterocycles. The summed E-state index contributed by atoms with van der Waals surface area (Å²) in [5, 5.41) is 7.41. The van der Waals surface area contributed by atoms with E-state index in [4.69, 9.17) is 5.73 Å². The Labute approximate surface area is 163 Å². The van der Waals surface area contributed by atoms with Gasteiger partial charge in [0.15, 0.2) is 16.4 Å². The van der Waals surface area contributed by atoms with Gasteiger partial charge in [0.05, 0.1) is 4.90 Å². The molecule has 0 radical (unpaired) electrons. The number of hydrogen-bond acceptors (Lipinski definition) is 8. The standard InChI is InChI=1S/C18H23N7O2S/c1-20-17-16(28(26,27)13-6-4-3-5-7-13)18-21-14(19)12-15(25(18)22-17)24-10-8-23(2)9-11-24/h3-7,12H,8-11H2,1-2H3,(H2,19,21)(H,20,22). The molecule has 0 atom stereocenters. The molecule has 28 heavy (non-hydrogen) atoms. The minimum atomic E-state index is -3.83. The Balaban J connectivity index is 1.93. The Morgan fingerprint density at radius 3 is 2.43 bits per heavy atom. The van der Waals surface area contributed by atoms with Crippen LogP contribution in [0.5, 0.6) is 0 Å². The van der Waals surface area contributed by atoms with Crippen molar-refractivity contribution < 1.29 is 8.42 Å². The van der Waals surface area contributed by atoms with Crippen LogP contribution in [0.1, 0.15) is 0 Å². The summed E-state index contributed by atoms with van der Waals surface area (Å²) in [4.78, 5) is 8.94. The molecule has 1 fully saturated rings. The molecule has 3 N–H and O–H groups in total. The van der Waals surface area contributed by atoms with Crippen LogP contribution < -0.4 is 16.0 Å². The fraction of sp³-hybridized carbons (Fsp3) is 0.333. The minimum absolute atomic E-state index is 0.0314. The average molecular weight is 401 g/mol. The first-order chi connectivity index (χ1) is 13.4. The third-order valence-corrected chi connectivity index (χ3v) is 6.74. The normalized spacial score (nSPS) is 15.9. The van der Waals surface area contributed by atoms with Crippen LogP contribution in [0.3, 0.4) is 0 Å². The van der Waals surface area contributed by atoms with E-state index in [1.54, 1.807) is 48.0 Å². The lowest BCUT2D eigenvalue weighted by Gasteiger charge is -2.33. The Morgan fingerprint density at radius 2 is 1.79 bits per heavy atom. The van der Waals surface area contributed by atoms with Gasteiger partial charge in [-0.15, -0.1) is 5.10 Å². The van der Waals surface area contributed by atoms with E-state index in [2.05, 4.69) is 32.2 Å². The maximum Gasteiger partial charge on any atom is 0.214 e. The highest BCUT2D eigenvalue weighted by Crippen LogP contribution is 2.33. The van der Waals surface area contributed by atoms with Gasteiger partial charge in [-0.25, -0.2) is 13.4 Å². The third-order valence-electron chi connectivity index (χ3n) is 4.93. The van der Waals surface area contributed by atoms with Crippen molar-refractivity contribution in [1.82, 2.24) is 19.5 Å². The highest BCUT2D eigenvalue weighted by atomic mass is 32.2. The summed E-state index contributed by atoms with van der Waals surface area (Å²) >= 11 is 0. The summed E-state index contributed by atoms with van der Waals surface area (Å²) in [6, 6.07) is 10.0. The lowest BCUT2D eigenvalue weighted by molar-refractivity contribution is 0.311. The lowest BCUT2D eigenvalue weighted by atomic mass is 10.3. The summed E-state index contributed by atoms with van der Waals surface area (Å²) in [5.74, 6) is 1.24. The van der Waals surface area contributed by atoms with Crippen molar-refractivity contribution in [1.29, 1.82) is 0 Å². The second-order valence-electron chi connectivity index (χ2n) is 6.81. The molecule has 0 bridgehead atoms. The van der Waals surface area contributed by atoms with Gasteiger partial charge in [-0.3, -0.25) is 0 Å². The largest absolute Gasteiger partial charge is 0.384 e. The van der Waals surface area contributed by atoms with Gasteiger partial charge in [-0.2, -0.15) is 4.52 Å². The molecule has 0 amide bonds. The van der Waals surface area contributed by atoms with Crippen LogP contribution >= 0.6 is 0 Å². The number of sulfone groups is 1. The predicted octanol–water partition coefficient (Wildman–Crippen LogP) is 0.938. The summed E-state index contributed by atoms with van der Waals surface area (Å²) in [7, 11) is -0.110. The molecule has 3 heterocycles. The molecule has 148 valence electrons. The lowest BCUT2D eigenvalue weighted by Crippen LogP contribution is -2.45. The SMILES string of the molecule is CNc1nn2c(N3CCN(C)CC3)cc(N)nc2c1S(=O)(=O)c1ccccc1. The van der Waals surface area contributed by atoms with Gasteiger partial charge < -0.3 is 20.9 Å². The van der Waals surface area contributed by atoms with Crippen molar-refractivity contribution in [3.8, 4) is 0 Å². The van der Waals surface area contributed by atoms with E-state index >= 15 is 0 Å². The predicted molar refractivity (Wildman–Crippen MR) is 109 cm³/mol. The topological polar surface area (TPSA) is 109 Å². The zero-order valence-electron chi connectivity index (χ0n) is 15.8. The number of benzene rings is 1.